The topological polar surface area (TPSA) is 76.0 Å². The van der Waals surface area contributed by atoms with Crippen LogP contribution in [0.25, 0.3) is 0 Å². The first-order chi connectivity index (χ1) is 13.1. The fourth-order valence-electron chi connectivity index (χ4n) is 3.06. The lowest BCUT2D eigenvalue weighted by Crippen LogP contribution is -2.19. The summed E-state index contributed by atoms with van der Waals surface area (Å²) >= 11 is 0. The van der Waals surface area contributed by atoms with Crippen LogP contribution >= 0.6 is 7.37 Å². The molecule has 0 fully saturated rings. The number of rotatable bonds is 9. The summed E-state index contributed by atoms with van der Waals surface area (Å²) in [6.45, 7) is 7.85. The normalized spacial score (nSPS) is 14.1. The van der Waals surface area contributed by atoms with E-state index in [0.717, 1.165) is 28.9 Å². The number of hydrogen-bond donors (Lipinski definition) is 2. The van der Waals surface area contributed by atoms with E-state index in [0.29, 0.717) is 5.92 Å². The van der Waals surface area contributed by atoms with Crippen LogP contribution in [0.1, 0.15) is 55.9 Å². The Labute approximate surface area is 167 Å². The van der Waals surface area contributed by atoms with Gasteiger partial charge in [-0.3, -0.25) is 4.57 Å². The second-order valence-corrected chi connectivity index (χ2v) is 10.7. The molecule has 2 rings (SSSR count). The molecule has 0 saturated carbocycles. The average molecular weight is 406 g/mol. The number of aliphatic hydroxyl groups excluding tert-OH is 1. The van der Waals surface area contributed by atoms with Gasteiger partial charge >= 0.3 is 0 Å². The maximum atomic E-state index is 12.3. The van der Waals surface area contributed by atoms with Crippen molar-refractivity contribution in [3.8, 4) is 5.75 Å². The van der Waals surface area contributed by atoms with Crippen molar-refractivity contribution in [3.63, 3.8) is 0 Å². The molecule has 2 aromatic rings. The van der Waals surface area contributed by atoms with E-state index in [1.165, 1.54) is 5.56 Å². The quantitative estimate of drug-likeness (QED) is 0.460. The Balaban J connectivity index is 2.22. The first kappa shape index (κ1) is 22.6. The molecule has 0 heterocycles. The van der Waals surface area contributed by atoms with Gasteiger partial charge < -0.3 is 19.5 Å². The van der Waals surface area contributed by atoms with Crippen LogP contribution in [0.3, 0.4) is 0 Å². The molecule has 28 heavy (non-hydrogen) atoms. The number of benzene rings is 2. The van der Waals surface area contributed by atoms with Crippen molar-refractivity contribution in [1.82, 2.24) is 0 Å². The number of ether oxygens (including phenoxy) is 2. The molecule has 154 valence electrons. The Morgan fingerprint density at radius 2 is 1.68 bits per heavy atom. The Kier molecular flexibility index (Phi) is 7.46. The maximum absolute atomic E-state index is 12.3. The summed E-state index contributed by atoms with van der Waals surface area (Å²) in [5, 5.41) is 8.26. The molecule has 0 spiro atoms. The van der Waals surface area contributed by atoms with Gasteiger partial charge in [-0.2, -0.15) is 0 Å². The van der Waals surface area contributed by atoms with E-state index in [9.17, 15) is 14.6 Å². The van der Waals surface area contributed by atoms with E-state index in [1.807, 2.05) is 36.4 Å². The summed E-state index contributed by atoms with van der Waals surface area (Å²) in [6, 6.07) is 13.9. The fraction of sp³-hybridized carbons (Fsp3) is 0.455. The highest BCUT2D eigenvalue weighted by atomic mass is 31.2. The molecule has 2 aromatic carbocycles. The SMILES string of the molecule is COCOc1ccc(Cc2ccc(C(C)(C)P(=O)(O)CO)cc2)cc1C(C)C. The van der Waals surface area contributed by atoms with Gasteiger partial charge in [0.1, 0.15) is 12.1 Å². The monoisotopic (exact) mass is 406 g/mol. The molecule has 0 aliphatic rings. The standard InChI is InChI=1S/C22H31O5P/c1-16(2)20-13-18(8-11-21(20)27-15-26-5)12-17-6-9-19(10-7-17)22(3,4)28(24,25)14-23/h6-11,13,16,23H,12,14-15H2,1-5H3,(H,24,25). The maximum Gasteiger partial charge on any atom is 0.234 e. The summed E-state index contributed by atoms with van der Waals surface area (Å²) in [6.07, 6.45) is 0.0268. The van der Waals surface area contributed by atoms with Gasteiger partial charge in [0.2, 0.25) is 7.37 Å². The Hall–Kier alpha value is -1.65. The summed E-state index contributed by atoms with van der Waals surface area (Å²) in [4.78, 5) is 10.1. The zero-order valence-electron chi connectivity index (χ0n) is 17.3. The van der Waals surface area contributed by atoms with Crippen LogP contribution in [0.15, 0.2) is 42.5 Å². The second-order valence-electron chi connectivity index (χ2n) is 7.85. The Bertz CT molecular complexity index is 827. The first-order valence-electron chi connectivity index (χ1n) is 9.39. The van der Waals surface area contributed by atoms with Gasteiger partial charge in [-0.05, 0) is 54.5 Å². The van der Waals surface area contributed by atoms with Crippen molar-refractivity contribution < 1.29 is 24.0 Å². The minimum absolute atomic E-state index is 0.221. The third-order valence-corrected chi connectivity index (χ3v) is 7.55. The number of aliphatic hydroxyl groups is 1. The molecular formula is C22H31O5P. The van der Waals surface area contributed by atoms with E-state index in [2.05, 4.69) is 19.9 Å². The molecule has 0 aromatic heterocycles. The van der Waals surface area contributed by atoms with E-state index in [1.54, 1.807) is 21.0 Å². The molecule has 2 N–H and O–H groups in total. The minimum atomic E-state index is -3.68. The molecule has 0 amide bonds. The van der Waals surface area contributed by atoms with Crippen LogP contribution < -0.4 is 4.74 Å². The average Bonchev–Trinajstić information content (AvgIpc) is 2.67. The zero-order chi connectivity index (χ0) is 20.9. The van der Waals surface area contributed by atoms with Gasteiger partial charge in [-0.25, -0.2) is 0 Å². The molecule has 1 unspecified atom stereocenters. The van der Waals surface area contributed by atoms with Gasteiger partial charge in [-0.1, -0.05) is 50.2 Å². The minimum Gasteiger partial charge on any atom is -0.467 e. The summed E-state index contributed by atoms with van der Waals surface area (Å²) in [7, 11) is -2.08. The molecule has 0 aliphatic heterocycles. The molecule has 0 aliphatic carbocycles. The molecule has 0 saturated heterocycles. The summed E-state index contributed by atoms with van der Waals surface area (Å²) in [5.74, 6) is 1.16. The first-order valence-corrected chi connectivity index (χ1v) is 11.2. The molecule has 6 heteroatoms. The van der Waals surface area contributed by atoms with Gasteiger partial charge in [0.15, 0.2) is 6.79 Å². The smallest absolute Gasteiger partial charge is 0.234 e. The lowest BCUT2D eigenvalue weighted by atomic mass is 9.95. The predicted octanol–water partition coefficient (Wildman–Crippen LogP) is 4.84. The molecule has 0 bridgehead atoms. The third kappa shape index (κ3) is 5.03. The van der Waals surface area contributed by atoms with Crippen LogP contribution in [-0.4, -0.2) is 30.3 Å². The van der Waals surface area contributed by atoms with E-state index in [4.69, 9.17) is 9.47 Å². The largest absolute Gasteiger partial charge is 0.467 e. The van der Waals surface area contributed by atoms with Crippen molar-refractivity contribution in [2.24, 2.45) is 0 Å². The summed E-state index contributed by atoms with van der Waals surface area (Å²) in [5.41, 5.74) is 4.15. The van der Waals surface area contributed by atoms with Crippen molar-refractivity contribution in [3.05, 3.63) is 64.7 Å². The molecule has 0 radical (unpaired) electrons. The van der Waals surface area contributed by atoms with E-state index in [-0.39, 0.29) is 6.79 Å². The van der Waals surface area contributed by atoms with Crippen molar-refractivity contribution in [1.29, 1.82) is 0 Å². The van der Waals surface area contributed by atoms with E-state index < -0.39 is 18.9 Å². The van der Waals surface area contributed by atoms with Gasteiger partial charge in [0.05, 0.1) is 5.16 Å². The predicted molar refractivity (Wildman–Crippen MR) is 112 cm³/mol. The van der Waals surface area contributed by atoms with Crippen LogP contribution in [-0.2, 0) is 20.9 Å². The number of methoxy groups -OCH3 is 1. The van der Waals surface area contributed by atoms with Crippen LogP contribution in [0.5, 0.6) is 5.75 Å². The van der Waals surface area contributed by atoms with Gasteiger partial charge in [-0.15, -0.1) is 0 Å². The van der Waals surface area contributed by atoms with Crippen molar-refractivity contribution in [2.45, 2.75) is 45.2 Å². The summed E-state index contributed by atoms with van der Waals surface area (Å²) < 4.78 is 22.9. The van der Waals surface area contributed by atoms with Gasteiger partial charge in [0.25, 0.3) is 0 Å². The fourth-order valence-corrected chi connectivity index (χ4v) is 3.96. The molecule has 5 nitrogen and oxygen atoms in total. The second kappa shape index (κ2) is 9.23. The molecular weight excluding hydrogens is 375 g/mol. The zero-order valence-corrected chi connectivity index (χ0v) is 18.2. The van der Waals surface area contributed by atoms with Crippen molar-refractivity contribution in [2.75, 3.05) is 20.3 Å². The highest BCUT2D eigenvalue weighted by Crippen LogP contribution is 2.58. The third-order valence-electron chi connectivity index (χ3n) is 5.16. The molecule has 1 atom stereocenters. The lowest BCUT2D eigenvalue weighted by molar-refractivity contribution is 0.0502. The Morgan fingerprint density at radius 1 is 1.07 bits per heavy atom. The van der Waals surface area contributed by atoms with Crippen LogP contribution in [0.2, 0.25) is 0 Å². The van der Waals surface area contributed by atoms with Crippen LogP contribution in [0, 0.1) is 0 Å². The highest BCUT2D eigenvalue weighted by Gasteiger charge is 2.39. The van der Waals surface area contributed by atoms with E-state index >= 15 is 0 Å². The highest BCUT2D eigenvalue weighted by molar-refractivity contribution is 7.58. The van der Waals surface area contributed by atoms with Crippen LogP contribution in [0.4, 0.5) is 0 Å². The van der Waals surface area contributed by atoms with Gasteiger partial charge in [0, 0.05) is 7.11 Å². The lowest BCUT2D eigenvalue weighted by Gasteiger charge is -2.29. The Morgan fingerprint density at radius 3 is 2.21 bits per heavy atom. The van der Waals surface area contributed by atoms with Crippen molar-refractivity contribution >= 4 is 7.37 Å². The number of hydrogen-bond acceptors (Lipinski definition) is 4.